The molecule has 0 aromatic heterocycles. The smallest absolute Gasteiger partial charge is 0.222 e. The number of nitrogens with zero attached hydrogens (tertiary/aromatic N) is 1. The summed E-state index contributed by atoms with van der Waals surface area (Å²) >= 11 is 0. The molecule has 0 unspecified atom stereocenters. The van der Waals surface area contributed by atoms with Crippen molar-refractivity contribution in [2.24, 2.45) is 0 Å². The first-order valence-electron chi connectivity index (χ1n) is 7.44. The lowest BCUT2D eigenvalue weighted by Gasteiger charge is -2.18. The number of carbonyl (C=O) groups excluding carboxylic acids is 2. The van der Waals surface area contributed by atoms with Gasteiger partial charge in [0.2, 0.25) is 5.91 Å². The Bertz CT molecular complexity index is 645. The fraction of sp³-hybridized carbons (Fsp3) is 0.333. The number of hydrogen-bond acceptors (Lipinski definition) is 2. The molecule has 0 saturated heterocycles. The minimum Gasteiger partial charge on any atom is -0.343 e. The summed E-state index contributed by atoms with van der Waals surface area (Å²) in [6.45, 7) is 5.49. The van der Waals surface area contributed by atoms with E-state index in [1.807, 2.05) is 55.1 Å². The van der Waals surface area contributed by atoms with E-state index in [2.05, 4.69) is 0 Å². The van der Waals surface area contributed by atoms with E-state index >= 15 is 0 Å². The Hall–Kier alpha value is -2.16. The van der Waals surface area contributed by atoms with Crippen LogP contribution in [0.4, 0.5) is 0 Å². The fourth-order valence-electron chi connectivity index (χ4n) is 2.68. The molecule has 110 valence electrons. The summed E-state index contributed by atoms with van der Waals surface area (Å²) in [5.41, 5.74) is 1.82. The first kappa shape index (κ1) is 15.2. The maximum absolute atomic E-state index is 12.1. The highest BCUT2D eigenvalue weighted by Gasteiger charge is 2.11. The Kier molecular flexibility index (Phi) is 5.09. The molecule has 0 N–H and O–H groups in total. The molecule has 2 rings (SSSR count). The zero-order valence-electron chi connectivity index (χ0n) is 12.6. The average Bonchev–Trinajstić information content (AvgIpc) is 2.53. The number of aryl methyl sites for hydroxylation is 1. The Morgan fingerprint density at radius 3 is 2.33 bits per heavy atom. The highest BCUT2D eigenvalue weighted by molar-refractivity contribution is 5.99. The van der Waals surface area contributed by atoms with Gasteiger partial charge in [-0.1, -0.05) is 36.4 Å². The second kappa shape index (κ2) is 7.02. The van der Waals surface area contributed by atoms with Crippen molar-refractivity contribution in [1.82, 2.24) is 4.90 Å². The quantitative estimate of drug-likeness (QED) is 0.761. The third-order valence-electron chi connectivity index (χ3n) is 3.90. The normalized spacial score (nSPS) is 10.6. The molecule has 3 nitrogen and oxygen atoms in total. The monoisotopic (exact) mass is 283 g/mol. The van der Waals surface area contributed by atoms with Gasteiger partial charge in [-0.15, -0.1) is 0 Å². The van der Waals surface area contributed by atoms with Crippen LogP contribution in [0.1, 0.15) is 36.2 Å². The molecule has 0 spiro atoms. The maximum Gasteiger partial charge on any atom is 0.222 e. The lowest BCUT2D eigenvalue weighted by molar-refractivity contribution is -0.130. The van der Waals surface area contributed by atoms with Crippen molar-refractivity contribution >= 4 is 23.0 Å². The van der Waals surface area contributed by atoms with Crippen molar-refractivity contribution in [3.63, 3.8) is 0 Å². The van der Waals surface area contributed by atoms with Crippen LogP contribution in [0.3, 0.4) is 0 Å². The molecule has 0 heterocycles. The topological polar surface area (TPSA) is 37.4 Å². The van der Waals surface area contributed by atoms with Gasteiger partial charge in [0, 0.05) is 25.1 Å². The molecule has 0 aliphatic rings. The SMILES string of the molecule is CCN(CC)C(=O)CCc1ccc(C=O)c2ccccc12. The third-order valence-corrected chi connectivity index (χ3v) is 3.90. The number of fused-ring (bicyclic) bond motifs is 1. The van der Waals surface area contributed by atoms with Gasteiger partial charge < -0.3 is 4.90 Å². The van der Waals surface area contributed by atoms with Gasteiger partial charge in [-0.05, 0) is 36.6 Å². The Balaban J connectivity index is 2.24. The predicted molar refractivity (Wildman–Crippen MR) is 85.6 cm³/mol. The summed E-state index contributed by atoms with van der Waals surface area (Å²) in [7, 11) is 0. The van der Waals surface area contributed by atoms with Crippen LogP contribution in [0.2, 0.25) is 0 Å². The minimum absolute atomic E-state index is 0.184. The van der Waals surface area contributed by atoms with Gasteiger partial charge in [-0.25, -0.2) is 0 Å². The molecule has 0 aliphatic carbocycles. The van der Waals surface area contributed by atoms with Gasteiger partial charge in [0.05, 0.1) is 0 Å². The fourth-order valence-corrected chi connectivity index (χ4v) is 2.68. The van der Waals surface area contributed by atoms with Gasteiger partial charge in [-0.2, -0.15) is 0 Å². The van der Waals surface area contributed by atoms with Gasteiger partial charge >= 0.3 is 0 Å². The number of carbonyl (C=O) groups is 2. The predicted octanol–water partition coefficient (Wildman–Crippen LogP) is 3.45. The molecular weight excluding hydrogens is 262 g/mol. The zero-order valence-corrected chi connectivity index (χ0v) is 12.6. The first-order valence-corrected chi connectivity index (χ1v) is 7.44. The Morgan fingerprint density at radius 1 is 1.05 bits per heavy atom. The van der Waals surface area contributed by atoms with Crippen LogP contribution in [0.15, 0.2) is 36.4 Å². The second-order valence-corrected chi connectivity index (χ2v) is 5.04. The van der Waals surface area contributed by atoms with Crippen LogP contribution in [0.25, 0.3) is 10.8 Å². The molecule has 1 amide bonds. The van der Waals surface area contributed by atoms with Gasteiger partial charge in [0.1, 0.15) is 0 Å². The Labute approximate surface area is 125 Å². The molecule has 0 radical (unpaired) electrons. The molecule has 0 bridgehead atoms. The van der Waals surface area contributed by atoms with Crippen molar-refractivity contribution in [1.29, 1.82) is 0 Å². The minimum atomic E-state index is 0.184. The Morgan fingerprint density at radius 2 is 1.71 bits per heavy atom. The number of benzene rings is 2. The van der Waals surface area contributed by atoms with Crippen LogP contribution < -0.4 is 0 Å². The average molecular weight is 283 g/mol. The van der Waals surface area contributed by atoms with E-state index in [0.29, 0.717) is 18.4 Å². The van der Waals surface area contributed by atoms with E-state index < -0.39 is 0 Å². The van der Waals surface area contributed by atoms with Crippen LogP contribution in [-0.4, -0.2) is 30.2 Å². The van der Waals surface area contributed by atoms with Crippen molar-refractivity contribution < 1.29 is 9.59 Å². The van der Waals surface area contributed by atoms with Crippen LogP contribution in [0.5, 0.6) is 0 Å². The van der Waals surface area contributed by atoms with E-state index in [9.17, 15) is 9.59 Å². The molecular formula is C18H21NO2. The molecule has 2 aromatic rings. The van der Waals surface area contributed by atoms with Crippen LogP contribution >= 0.6 is 0 Å². The summed E-state index contributed by atoms with van der Waals surface area (Å²) in [5, 5.41) is 2.02. The lowest BCUT2D eigenvalue weighted by atomic mass is 9.97. The standard InChI is InChI=1S/C18H21NO2/c1-3-19(4-2)18(21)12-11-14-9-10-15(13-20)17-8-6-5-7-16(14)17/h5-10,13H,3-4,11-12H2,1-2H3. The maximum atomic E-state index is 12.1. The largest absolute Gasteiger partial charge is 0.343 e. The third kappa shape index (κ3) is 3.30. The molecule has 3 heteroatoms. The highest BCUT2D eigenvalue weighted by atomic mass is 16.2. The van der Waals surface area contributed by atoms with E-state index in [0.717, 1.165) is 35.7 Å². The summed E-state index contributed by atoms with van der Waals surface area (Å²) in [6.07, 6.45) is 2.09. The molecule has 0 atom stereocenters. The summed E-state index contributed by atoms with van der Waals surface area (Å²) < 4.78 is 0. The summed E-state index contributed by atoms with van der Waals surface area (Å²) in [5.74, 6) is 0.184. The zero-order chi connectivity index (χ0) is 15.2. The van der Waals surface area contributed by atoms with Crippen LogP contribution in [-0.2, 0) is 11.2 Å². The molecule has 21 heavy (non-hydrogen) atoms. The number of rotatable bonds is 6. The van der Waals surface area contributed by atoms with E-state index in [4.69, 9.17) is 0 Å². The van der Waals surface area contributed by atoms with E-state index in [1.54, 1.807) is 0 Å². The van der Waals surface area contributed by atoms with Crippen molar-refractivity contribution in [3.05, 3.63) is 47.5 Å². The summed E-state index contributed by atoms with van der Waals surface area (Å²) in [4.78, 5) is 25.1. The van der Waals surface area contributed by atoms with Crippen molar-refractivity contribution in [3.8, 4) is 0 Å². The molecule has 2 aromatic carbocycles. The van der Waals surface area contributed by atoms with E-state index in [-0.39, 0.29) is 5.91 Å². The van der Waals surface area contributed by atoms with E-state index in [1.165, 1.54) is 0 Å². The molecule has 0 saturated carbocycles. The summed E-state index contributed by atoms with van der Waals surface area (Å²) in [6, 6.07) is 11.7. The highest BCUT2D eigenvalue weighted by Crippen LogP contribution is 2.23. The first-order chi connectivity index (χ1) is 10.2. The lowest BCUT2D eigenvalue weighted by Crippen LogP contribution is -2.30. The van der Waals surface area contributed by atoms with Gasteiger partial charge in [0.15, 0.2) is 6.29 Å². The van der Waals surface area contributed by atoms with Crippen molar-refractivity contribution in [2.75, 3.05) is 13.1 Å². The number of amides is 1. The molecule has 0 aliphatic heterocycles. The van der Waals surface area contributed by atoms with Crippen molar-refractivity contribution in [2.45, 2.75) is 26.7 Å². The number of aldehydes is 1. The van der Waals surface area contributed by atoms with Gasteiger partial charge in [0.25, 0.3) is 0 Å². The number of hydrogen-bond donors (Lipinski definition) is 0. The molecule has 0 fully saturated rings. The van der Waals surface area contributed by atoms with Gasteiger partial charge in [-0.3, -0.25) is 9.59 Å². The second-order valence-electron chi connectivity index (χ2n) is 5.04. The van der Waals surface area contributed by atoms with Crippen LogP contribution in [0, 0.1) is 0 Å².